The Bertz CT molecular complexity index is 439. The lowest BCUT2D eigenvalue weighted by Crippen LogP contribution is -2.49. The highest BCUT2D eigenvalue weighted by Gasteiger charge is 2.30. The quantitative estimate of drug-likeness (QED) is 0.874. The number of carbonyl (C=O) groups is 1. The van der Waals surface area contributed by atoms with Crippen molar-refractivity contribution in [3.8, 4) is 0 Å². The van der Waals surface area contributed by atoms with Crippen LogP contribution < -0.4 is 5.73 Å². The summed E-state index contributed by atoms with van der Waals surface area (Å²) in [7, 11) is 0. The van der Waals surface area contributed by atoms with E-state index in [2.05, 4.69) is 6.92 Å². The fourth-order valence-electron chi connectivity index (χ4n) is 2.74. The maximum atomic E-state index is 12.5. The maximum Gasteiger partial charge on any atom is 0.257 e. The van der Waals surface area contributed by atoms with Crippen molar-refractivity contribution in [2.24, 2.45) is 11.7 Å². The molecular weight excluding hydrogens is 228 g/mol. The highest BCUT2D eigenvalue weighted by molar-refractivity contribution is 5.95. The Morgan fingerprint density at radius 3 is 2.83 bits per heavy atom. The number of hydrogen-bond acceptors (Lipinski definition) is 3. The zero-order valence-corrected chi connectivity index (χ0v) is 11.4. The molecule has 1 aromatic heterocycles. The molecule has 0 aromatic carbocycles. The van der Waals surface area contributed by atoms with E-state index >= 15 is 0 Å². The summed E-state index contributed by atoms with van der Waals surface area (Å²) >= 11 is 0. The highest BCUT2D eigenvalue weighted by Crippen LogP contribution is 2.25. The molecule has 0 saturated carbocycles. The Kier molecular flexibility index (Phi) is 3.76. The lowest BCUT2D eigenvalue weighted by Gasteiger charge is -2.37. The molecule has 1 aliphatic heterocycles. The summed E-state index contributed by atoms with van der Waals surface area (Å²) in [5.41, 5.74) is 6.48. The predicted octanol–water partition coefficient (Wildman–Crippen LogP) is 2.10. The Hall–Kier alpha value is -1.29. The Morgan fingerprint density at radius 2 is 2.28 bits per heavy atom. The maximum absolute atomic E-state index is 12.5. The van der Waals surface area contributed by atoms with E-state index < -0.39 is 0 Å². The smallest absolute Gasteiger partial charge is 0.257 e. The highest BCUT2D eigenvalue weighted by atomic mass is 16.3. The average Bonchev–Trinajstić information content (AvgIpc) is 2.67. The average molecular weight is 250 g/mol. The predicted molar refractivity (Wildman–Crippen MR) is 70.5 cm³/mol. The molecule has 0 spiro atoms. The number of hydrogen-bond donors (Lipinski definition) is 1. The van der Waals surface area contributed by atoms with Gasteiger partial charge < -0.3 is 15.1 Å². The van der Waals surface area contributed by atoms with Gasteiger partial charge in [0.2, 0.25) is 0 Å². The molecule has 18 heavy (non-hydrogen) atoms. The summed E-state index contributed by atoms with van der Waals surface area (Å²) in [5.74, 6) is 2.19. The van der Waals surface area contributed by atoms with Crippen LogP contribution in [-0.2, 0) is 0 Å². The van der Waals surface area contributed by atoms with E-state index in [0.717, 1.165) is 25.1 Å². The third kappa shape index (κ3) is 2.43. The minimum atomic E-state index is 0.0618. The van der Waals surface area contributed by atoms with Gasteiger partial charge in [0.25, 0.3) is 5.91 Å². The molecule has 4 nitrogen and oxygen atoms in total. The SMILES string of the molecule is Cc1cc(C(=O)N2CCC(C)CC2CN)c(C)o1. The summed E-state index contributed by atoms with van der Waals surface area (Å²) in [6, 6.07) is 1.99. The number of likely N-dealkylation sites (tertiary alicyclic amines) is 1. The van der Waals surface area contributed by atoms with Crippen LogP contribution in [0.1, 0.15) is 41.6 Å². The molecule has 4 heteroatoms. The minimum absolute atomic E-state index is 0.0618. The van der Waals surface area contributed by atoms with Crippen molar-refractivity contribution in [1.82, 2.24) is 4.90 Å². The van der Waals surface area contributed by atoms with Gasteiger partial charge in [-0.15, -0.1) is 0 Å². The van der Waals surface area contributed by atoms with Crippen molar-refractivity contribution in [1.29, 1.82) is 0 Å². The van der Waals surface area contributed by atoms with Crippen LogP contribution in [0.15, 0.2) is 10.5 Å². The molecule has 2 N–H and O–H groups in total. The van der Waals surface area contributed by atoms with Gasteiger partial charge in [-0.3, -0.25) is 4.79 Å². The van der Waals surface area contributed by atoms with Crippen LogP contribution in [0.3, 0.4) is 0 Å². The second kappa shape index (κ2) is 5.14. The first-order valence-corrected chi connectivity index (χ1v) is 6.61. The number of carbonyl (C=O) groups excluding carboxylic acids is 1. The van der Waals surface area contributed by atoms with Crippen molar-refractivity contribution < 1.29 is 9.21 Å². The topological polar surface area (TPSA) is 59.5 Å². The van der Waals surface area contributed by atoms with Gasteiger partial charge in [0, 0.05) is 19.1 Å². The fraction of sp³-hybridized carbons (Fsp3) is 0.643. The van der Waals surface area contributed by atoms with Crippen molar-refractivity contribution >= 4 is 5.91 Å². The summed E-state index contributed by atoms with van der Waals surface area (Å²) in [6.07, 6.45) is 2.05. The van der Waals surface area contributed by atoms with Gasteiger partial charge in [0.15, 0.2) is 0 Å². The van der Waals surface area contributed by atoms with Crippen LogP contribution in [-0.4, -0.2) is 29.9 Å². The number of piperidine rings is 1. The molecular formula is C14H22N2O2. The summed E-state index contributed by atoms with van der Waals surface area (Å²) in [4.78, 5) is 14.4. The van der Waals surface area contributed by atoms with E-state index in [4.69, 9.17) is 10.2 Å². The van der Waals surface area contributed by atoms with Crippen molar-refractivity contribution in [3.63, 3.8) is 0 Å². The monoisotopic (exact) mass is 250 g/mol. The van der Waals surface area contributed by atoms with Gasteiger partial charge in [-0.1, -0.05) is 6.92 Å². The number of aryl methyl sites for hydroxylation is 2. The van der Waals surface area contributed by atoms with Gasteiger partial charge >= 0.3 is 0 Å². The normalized spacial score (nSPS) is 24.3. The molecule has 1 amide bonds. The van der Waals surface area contributed by atoms with Gasteiger partial charge in [-0.25, -0.2) is 0 Å². The van der Waals surface area contributed by atoms with Crippen molar-refractivity contribution in [2.45, 2.75) is 39.7 Å². The molecule has 2 atom stereocenters. The molecule has 1 saturated heterocycles. The first kappa shape index (κ1) is 13.1. The number of nitrogens with two attached hydrogens (primary N) is 1. The first-order valence-electron chi connectivity index (χ1n) is 6.61. The summed E-state index contributed by atoms with van der Waals surface area (Å²) in [5, 5.41) is 0. The molecule has 1 aromatic rings. The Labute approximate surface area is 108 Å². The molecule has 100 valence electrons. The first-order chi connectivity index (χ1) is 8.52. The number of furan rings is 1. The van der Waals surface area contributed by atoms with Crippen LogP contribution in [0.5, 0.6) is 0 Å². The Balaban J connectivity index is 2.20. The molecule has 0 radical (unpaired) electrons. The van der Waals surface area contributed by atoms with E-state index in [1.807, 2.05) is 24.8 Å². The molecule has 2 unspecified atom stereocenters. The summed E-state index contributed by atoms with van der Waals surface area (Å²) in [6.45, 7) is 7.25. The van der Waals surface area contributed by atoms with Crippen LogP contribution in [0, 0.1) is 19.8 Å². The second-order valence-corrected chi connectivity index (χ2v) is 5.34. The van der Waals surface area contributed by atoms with E-state index in [-0.39, 0.29) is 11.9 Å². The van der Waals surface area contributed by atoms with Gasteiger partial charge in [0.1, 0.15) is 11.5 Å². The van der Waals surface area contributed by atoms with Gasteiger partial charge in [-0.2, -0.15) is 0 Å². The van der Waals surface area contributed by atoms with E-state index in [1.165, 1.54) is 0 Å². The van der Waals surface area contributed by atoms with Crippen LogP contribution >= 0.6 is 0 Å². The van der Waals surface area contributed by atoms with Gasteiger partial charge in [0.05, 0.1) is 5.56 Å². The zero-order chi connectivity index (χ0) is 13.3. The molecule has 1 aliphatic rings. The standard InChI is InChI=1S/C14H22N2O2/c1-9-4-5-16(12(6-9)8-15)14(17)13-7-10(2)18-11(13)3/h7,9,12H,4-6,8,15H2,1-3H3. The number of rotatable bonds is 2. The third-order valence-corrected chi connectivity index (χ3v) is 3.78. The largest absolute Gasteiger partial charge is 0.466 e. The Morgan fingerprint density at radius 1 is 1.56 bits per heavy atom. The molecule has 0 aliphatic carbocycles. The van der Waals surface area contributed by atoms with Crippen molar-refractivity contribution in [2.75, 3.05) is 13.1 Å². The van der Waals surface area contributed by atoms with E-state index in [1.54, 1.807) is 0 Å². The van der Waals surface area contributed by atoms with Crippen LogP contribution in [0.25, 0.3) is 0 Å². The molecule has 1 fully saturated rings. The minimum Gasteiger partial charge on any atom is -0.466 e. The fourth-order valence-corrected chi connectivity index (χ4v) is 2.74. The van der Waals surface area contributed by atoms with E-state index in [9.17, 15) is 4.79 Å². The van der Waals surface area contributed by atoms with Crippen molar-refractivity contribution in [3.05, 3.63) is 23.2 Å². The van der Waals surface area contributed by atoms with Gasteiger partial charge in [-0.05, 0) is 38.7 Å². The number of amides is 1. The lowest BCUT2D eigenvalue weighted by molar-refractivity contribution is 0.0572. The molecule has 2 heterocycles. The molecule has 2 rings (SSSR count). The second-order valence-electron chi connectivity index (χ2n) is 5.34. The summed E-state index contributed by atoms with van der Waals surface area (Å²) < 4.78 is 5.44. The third-order valence-electron chi connectivity index (χ3n) is 3.78. The number of nitrogens with zero attached hydrogens (tertiary/aromatic N) is 1. The van der Waals surface area contributed by atoms with E-state index in [0.29, 0.717) is 23.8 Å². The van der Waals surface area contributed by atoms with Crippen LogP contribution in [0.2, 0.25) is 0 Å². The van der Waals surface area contributed by atoms with Crippen LogP contribution in [0.4, 0.5) is 0 Å². The molecule has 0 bridgehead atoms. The lowest BCUT2D eigenvalue weighted by atomic mass is 9.92. The zero-order valence-electron chi connectivity index (χ0n) is 11.4.